The van der Waals surface area contributed by atoms with Crippen LogP contribution in [0.1, 0.15) is 290 Å². The topological polar surface area (TPSA) is 175 Å². The number of aliphatic hydroxyl groups is 5. The van der Waals surface area contributed by atoms with Gasteiger partial charge in [-0.15, -0.1) is 0 Å². The van der Waals surface area contributed by atoms with Crippen LogP contribution in [-0.2, 0) is 23.8 Å². The van der Waals surface area contributed by atoms with Crippen molar-refractivity contribution in [1.82, 2.24) is 5.32 Å². The van der Waals surface area contributed by atoms with E-state index in [-0.39, 0.29) is 19.4 Å². The first kappa shape index (κ1) is 78.6. The first-order valence-electron chi connectivity index (χ1n) is 34.5. The van der Waals surface area contributed by atoms with E-state index in [9.17, 15) is 35.1 Å². The van der Waals surface area contributed by atoms with Crippen LogP contribution in [0.4, 0.5) is 0 Å². The third-order valence-corrected chi connectivity index (χ3v) is 15.7. The number of ether oxygens (including phenoxy) is 3. The van der Waals surface area contributed by atoms with E-state index < -0.39 is 67.4 Å². The number of carbonyl (C=O) groups excluding carboxylic acids is 2. The standard InChI is InChI=1S/C73H127NO10/c1-4-7-10-13-16-19-22-25-27-29-30-31-32-33-34-35-36-37-38-39-41-43-46-49-52-55-58-61-68(78)84-71-70(80)69(79)67(62-75)83-73(71)82-63-64(65(76)59-56-53-50-47-44-24-21-18-15-12-9-6-3)74-72(81)66(77)60-57-54-51-48-45-42-40-28-26-23-20-17-14-11-8-5-2/h8,11,16-17,19-20,25-28,42,45,51,54,56,59,64-67,69-71,73,75-77,79-80H,4-7,9-10,12-15,18,21-24,29-41,43-44,46-50,52-53,55,57-58,60-63H2,1-3H3,(H,74,81)/b11-8-,19-16-,20-17-,27-25-,28-26-,45-42-,54-51-,59-56+. The maximum Gasteiger partial charge on any atom is 0.306 e. The Kier molecular flexibility index (Phi) is 56.0. The van der Waals surface area contributed by atoms with E-state index >= 15 is 0 Å². The lowest BCUT2D eigenvalue weighted by Crippen LogP contribution is -2.61. The first-order valence-corrected chi connectivity index (χ1v) is 34.5. The van der Waals surface area contributed by atoms with Gasteiger partial charge in [0.15, 0.2) is 12.4 Å². The first-order chi connectivity index (χ1) is 41.2. The van der Waals surface area contributed by atoms with Gasteiger partial charge in [-0.3, -0.25) is 9.59 Å². The molecule has 11 nitrogen and oxygen atoms in total. The second kappa shape index (κ2) is 59.9. The minimum absolute atomic E-state index is 0.114. The average Bonchev–Trinajstić information content (AvgIpc) is 3.54. The van der Waals surface area contributed by atoms with E-state index in [1.165, 1.54) is 161 Å². The monoisotopic (exact) mass is 1180 g/mol. The maximum absolute atomic E-state index is 13.4. The molecule has 0 aromatic carbocycles. The molecule has 11 heteroatoms. The normalized spacial score (nSPS) is 19.1. The van der Waals surface area contributed by atoms with E-state index in [2.05, 4.69) is 99.0 Å². The molecule has 1 heterocycles. The van der Waals surface area contributed by atoms with Gasteiger partial charge in [-0.25, -0.2) is 0 Å². The van der Waals surface area contributed by atoms with Crippen molar-refractivity contribution in [3.05, 3.63) is 97.2 Å². The molecule has 84 heavy (non-hydrogen) atoms. The minimum atomic E-state index is -1.63. The summed E-state index contributed by atoms with van der Waals surface area (Å²) in [5.41, 5.74) is 0. The predicted molar refractivity (Wildman–Crippen MR) is 352 cm³/mol. The number of aliphatic hydroxyl groups excluding tert-OH is 5. The van der Waals surface area contributed by atoms with E-state index in [0.717, 1.165) is 83.5 Å². The number of hydrogen-bond donors (Lipinski definition) is 6. The number of hydrogen-bond acceptors (Lipinski definition) is 10. The number of carbonyl (C=O) groups is 2. The summed E-state index contributed by atoms with van der Waals surface area (Å²) in [5, 5.41) is 57.0. The second-order valence-corrected chi connectivity index (χ2v) is 23.5. The van der Waals surface area contributed by atoms with Gasteiger partial charge in [0.1, 0.15) is 24.4 Å². The minimum Gasteiger partial charge on any atom is -0.454 e. The molecule has 0 aromatic heterocycles. The largest absolute Gasteiger partial charge is 0.454 e. The molecule has 0 bridgehead atoms. The van der Waals surface area contributed by atoms with Crippen LogP contribution in [0.2, 0.25) is 0 Å². The molecule has 0 spiro atoms. The van der Waals surface area contributed by atoms with Gasteiger partial charge in [0.05, 0.1) is 25.4 Å². The lowest BCUT2D eigenvalue weighted by molar-refractivity contribution is -0.305. The Labute approximate surface area is 514 Å². The van der Waals surface area contributed by atoms with Crippen LogP contribution in [0.25, 0.3) is 0 Å². The molecule has 0 aromatic rings. The highest BCUT2D eigenvalue weighted by molar-refractivity contribution is 5.80. The van der Waals surface area contributed by atoms with Gasteiger partial charge in [0.25, 0.3) is 0 Å². The number of esters is 1. The quantitative estimate of drug-likeness (QED) is 0.0195. The van der Waals surface area contributed by atoms with Crippen molar-refractivity contribution < 1.29 is 49.3 Å². The van der Waals surface area contributed by atoms with Crippen LogP contribution < -0.4 is 5.32 Å². The Morgan fingerprint density at radius 3 is 1.31 bits per heavy atom. The van der Waals surface area contributed by atoms with Crippen LogP contribution in [0.3, 0.4) is 0 Å². The van der Waals surface area contributed by atoms with E-state index in [1.54, 1.807) is 6.08 Å². The highest BCUT2D eigenvalue weighted by atomic mass is 16.7. The number of allylic oxidation sites excluding steroid dienone is 15. The maximum atomic E-state index is 13.4. The van der Waals surface area contributed by atoms with Crippen molar-refractivity contribution in [3.8, 4) is 0 Å². The average molecular weight is 1180 g/mol. The number of nitrogens with one attached hydrogen (secondary N) is 1. The Hall–Kier alpha value is -3.42. The zero-order chi connectivity index (χ0) is 61.0. The Bertz CT molecular complexity index is 1740. The molecule has 6 N–H and O–H groups in total. The molecule has 8 atom stereocenters. The zero-order valence-corrected chi connectivity index (χ0v) is 53.7. The zero-order valence-electron chi connectivity index (χ0n) is 53.7. The van der Waals surface area contributed by atoms with E-state index in [0.29, 0.717) is 12.8 Å². The molecular weight excluding hydrogens is 1050 g/mol. The lowest BCUT2D eigenvalue weighted by atomic mass is 9.99. The third kappa shape index (κ3) is 46.8. The molecule has 0 aliphatic carbocycles. The molecule has 1 aliphatic rings. The SMILES string of the molecule is CC/C=C\C/C=C\C/C=C\C/C=C\C/C=C\CCC(O)C(=O)NC(COC1OC(CO)C(O)C(O)C1OC(=O)CCCCCCCCCCCCCCCCCCC/C=C\C/C=C\CCCCC)C(O)/C=C/CCCCCCCCCCCC. The van der Waals surface area contributed by atoms with Gasteiger partial charge in [-0.1, -0.05) is 285 Å². The van der Waals surface area contributed by atoms with Crippen molar-refractivity contribution in [2.45, 2.75) is 339 Å². The summed E-state index contributed by atoms with van der Waals surface area (Å²) in [4.78, 5) is 26.6. The summed E-state index contributed by atoms with van der Waals surface area (Å²) in [6, 6.07) is -1.06. The van der Waals surface area contributed by atoms with Gasteiger partial charge in [0.2, 0.25) is 5.91 Å². The van der Waals surface area contributed by atoms with Crippen LogP contribution in [-0.4, -0.2) is 99.6 Å². The summed E-state index contributed by atoms with van der Waals surface area (Å²) >= 11 is 0. The smallest absolute Gasteiger partial charge is 0.306 e. The van der Waals surface area contributed by atoms with E-state index in [1.807, 2.05) is 18.2 Å². The fraction of sp³-hybridized carbons (Fsp3) is 0.753. The number of rotatable bonds is 58. The molecule has 0 saturated carbocycles. The predicted octanol–water partition coefficient (Wildman–Crippen LogP) is 17.5. The fourth-order valence-corrected chi connectivity index (χ4v) is 10.3. The summed E-state index contributed by atoms with van der Waals surface area (Å²) in [6.45, 7) is 5.63. The van der Waals surface area contributed by atoms with Crippen molar-refractivity contribution in [1.29, 1.82) is 0 Å². The lowest BCUT2D eigenvalue weighted by Gasteiger charge is -2.41. The number of unbranched alkanes of at least 4 members (excludes halogenated alkanes) is 30. The van der Waals surface area contributed by atoms with Gasteiger partial charge >= 0.3 is 5.97 Å². The molecule has 1 aliphatic heterocycles. The molecule has 8 unspecified atom stereocenters. The summed E-state index contributed by atoms with van der Waals surface area (Å²) in [7, 11) is 0. The van der Waals surface area contributed by atoms with Crippen molar-refractivity contribution >= 4 is 11.9 Å². The summed E-state index contributed by atoms with van der Waals surface area (Å²) in [6.07, 6.45) is 70.4. The molecule has 0 radical (unpaired) electrons. The Morgan fingerprint density at radius 2 is 0.857 bits per heavy atom. The fourth-order valence-electron chi connectivity index (χ4n) is 10.3. The second-order valence-electron chi connectivity index (χ2n) is 23.5. The molecule has 1 amide bonds. The van der Waals surface area contributed by atoms with Crippen LogP contribution in [0, 0.1) is 0 Å². The molecule has 1 rings (SSSR count). The van der Waals surface area contributed by atoms with Crippen molar-refractivity contribution in [2.75, 3.05) is 13.2 Å². The molecular formula is C73H127NO10. The van der Waals surface area contributed by atoms with Crippen LogP contribution in [0.15, 0.2) is 97.2 Å². The highest BCUT2D eigenvalue weighted by Crippen LogP contribution is 2.26. The van der Waals surface area contributed by atoms with Gasteiger partial charge in [-0.05, 0) is 96.3 Å². The van der Waals surface area contributed by atoms with Gasteiger partial charge < -0.3 is 45.1 Å². The van der Waals surface area contributed by atoms with Crippen molar-refractivity contribution in [3.63, 3.8) is 0 Å². The molecule has 484 valence electrons. The third-order valence-electron chi connectivity index (χ3n) is 15.7. The highest BCUT2D eigenvalue weighted by Gasteiger charge is 2.47. The van der Waals surface area contributed by atoms with Gasteiger partial charge in [-0.2, -0.15) is 0 Å². The van der Waals surface area contributed by atoms with Crippen LogP contribution in [0.5, 0.6) is 0 Å². The molecule has 1 saturated heterocycles. The van der Waals surface area contributed by atoms with E-state index in [4.69, 9.17) is 14.2 Å². The summed E-state index contributed by atoms with van der Waals surface area (Å²) < 4.78 is 17.6. The Morgan fingerprint density at radius 1 is 0.476 bits per heavy atom. The summed E-state index contributed by atoms with van der Waals surface area (Å²) in [5.74, 6) is -1.25. The van der Waals surface area contributed by atoms with Gasteiger partial charge in [0, 0.05) is 6.42 Å². The van der Waals surface area contributed by atoms with Crippen LogP contribution >= 0.6 is 0 Å². The van der Waals surface area contributed by atoms with Crippen molar-refractivity contribution in [2.24, 2.45) is 0 Å². The Balaban J connectivity index is 2.57. The number of amides is 1. The molecule has 1 fully saturated rings.